The van der Waals surface area contributed by atoms with E-state index in [1.54, 1.807) is 0 Å². The molecular formula is C17H24N2OSe. The molecule has 114 valence electrons. The van der Waals surface area contributed by atoms with E-state index in [4.69, 9.17) is 4.99 Å². The molecule has 1 atom stereocenters. The second-order valence-corrected chi connectivity index (χ2v) is 9.57. The van der Waals surface area contributed by atoms with Crippen molar-refractivity contribution < 1.29 is 4.79 Å². The van der Waals surface area contributed by atoms with Gasteiger partial charge in [-0.15, -0.1) is 0 Å². The molecule has 3 nitrogen and oxygen atoms in total. The summed E-state index contributed by atoms with van der Waals surface area (Å²) in [5.41, 5.74) is 0.717. The van der Waals surface area contributed by atoms with Crippen molar-refractivity contribution in [1.29, 1.82) is 0 Å². The molecule has 0 saturated carbocycles. The van der Waals surface area contributed by atoms with Crippen LogP contribution < -0.4 is 0 Å². The van der Waals surface area contributed by atoms with Gasteiger partial charge in [0.15, 0.2) is 0 Å². The van der Waals surface area contributed by atoms with Gasteiger partial charge >= 0.3 is 134 Å². The summed E-state index contributed by atoms with van der Waals surface area (Å²) < 4.78 is 0.973. The van der Waals surface area contributed by atoms with Gasteiger partial charge in [0.05, 0.1) is 0 Å². The Labute approximate surface area is 134 Å². The van der Waals surface area contributed by atoms with Crippen LogP contribution in [0.2, 0.25) is 0 Å². The van der Waals surface area contributed by atoms with Crippen LogP contribution in [0.15, 0.2) is 35.3 Å². The SMILES string of the molecule is CC(C)(C)N=C1[Se]C(c2ccccc2)C(=O)N1C(C)(C)C. The Balaban J connectivity index is 2.43. The summed E-state index contributed by atoms with van der Waals surface area (Å²) in [7, 11) is 0. The maximum atomic E-state index is 12.9. The summed E-state index contributed by atoms with van der Waals surface area (Å²) in [6.45, 7) is 12.5. The Morgan fingerprint density at radius 3 is 2.10 bits per heavy atom. The number of hydrogen-bond acceptors (Lipinski definition) is 2. The Bertz CT molecular complexity index is 552. The molecule has 21 heavy (non-hydrogen) atoms. The summed E-state index contributed by atoms with van der Waals surface area (Å²) in [5.74, 6) is 0.191. The molecule has 1 saturated heterocycles. The number of nitrogens with zero attached hydrogens (tertiary/aromatic N) is 2. The number of carbonyl (C=O) groups is 1. The molecule has 0 radical (unpaired) electrons. The van der Waals surface area contributed by atoms with Gasteiger partial charge in [-0.25, -0.2) is 0 Å². The van der Waals surface area contributed by atoms with Crippen LogP contribution in [0.3, 0.4) is 0 Å². The van der Waals surface area contributed by atoms with E-state index < -0.39 is 0 Å². The summed E-state index contributed by atoms with van der Waals surface area (Å²) in [4.78, 5) is 19.6. The Kier molecular flexibility index (Phi) is 4.32. The minimum atomic E-state index is -0.230. The second-order valence-electron chi connectivity index (χ2n) is 7.32. The van der Waals surface area contributed by atoms with E-state index in [9.17, 15) is 4.79 Å². The molecule has 1 heterocycles. The zero-order valence-electron chi connectivity index (χ0n) is 13.7. The normalized spacial score (nSPS) is 22.2. The number of amidine groups is 1. The Morgan fingerprint density at radius 1 is 1.05 bits per heavy atom. The minimum absolute atomic E-state index is 0.0407. The van der Waals surface area contributed by atoms with Crippen LogP contribution in [-0.2, 0) is 4.79 Å². The van der Waals surface area contributed by atoms with Gasteiger partial charge in [-0.3, -0.25) is 0 Å². The predicted molar refractivity (Wildman–Crippen MR) is 88.7 cm³/mol. The molecule has 0 aromatic heterocycles. The third-order valence-electron chi connectivity index (χ3n) is 3.06. The number of benzene rings is 1. The van der Waals surface area contributed by atoms with Gasteiger partial charge in [-0.1, -0.05) is 0 Å². The first-order chi connectivity index (χ1) is 9.59. The van der Waals surface area contributed by atoms with Gasteiger partial charge < -0.3 is 0 Å². The monoisotopic (exact) mass is 352 g/mol. The molecule has 0 spiro atoms. The summed E-state index contributed by atoms with van der Waals surface area (Å²) in [6, 6.07) is 10.1. The number of aliphatic imine (C=N–C) groups is 1. The van der Waals surface area contributed by atoms with Gasteiger partial charge in [0.1, 0.15) is 0 Å². The number of hydrogen-bond donors (Lipinski definition) is 0. The van der Waals surface area contributed by atoms with Crippen LogP contribution in [0.25, 0.3) is 0 Å². The molecule has 2 rings (SSSR count). The molecule has 1 amide bonds. The molecule has 0 aliphatic carbocycles. The summed E-state index contributed by atoms with van der Waals surface area (Å²) in [5, 5.41) is 0. The molecule has 0 N–H and O–H groups in total. The van der Waals surface area contributed by atoms with Gasteiger partial charge in [-0.05, 0) is 0 Å². The molecule has 1 aromatic rings. The van der Waals surface area contributed by atoms with Crippen molar-refractivity contribution in [2.45, 2.75) is 57.4 Å². The van der Waals surface area contributed by atoms with Gasteiger partial charge in [0.2, 0.25) is 0 Å². The molecule has 1 unspecified atom stereocenters. The van der Waals surface area contributed by atoms with Crippen LogP contribution in [-0.4, -0.2) is 41.6 Å². The van der Waals surface area contributed by atoms with Crippen LogP contribution in [0.1, 0.15) is 51.9 Å². The zero-order valence-corrected chi connectivity index (χ0v) is 15.4. The number of amides is 1. The average Bonchev–Trinajstić information content (AvgIpc) is 2.64. The number of rotatable bonds is 1. The fourth-order valence-corrected chi connectivity index (χ4v) is 5.40. The van der Waals surface area contributed by atoms with E-state index in [1.165, 1.54) is 0 Å². The van der Waals surface area contributed by atoms with Crippen molar-refractivity contribution in [3.8, 4) is 0 Å². The maximum absolute atomic E-state index is 12.9. The van der Waals surface area contributed by atoms with Crippen LogP contribution in [0, 0.1) is 0 Å². The molecule has 0 bridgehead atoms. The summed E-state index contributed by atoms with van der Waals surface area (Å²) >= 11 is 0.0407. The third kappa shape index (κ3) is 3.75. The van der Waals surface area contributed by atoms with E-state index >= 15 is 0 Å². The van der Waals surface area contributed by atoms with Gasteiger partial charge in [-0.2, -0.15) is 0 Å². The van der Waals surface area contributed by atoms with E-state index in [0.717, 1.165) is 10.3 Å². The van der Waals surface area contributed by atoms with E-state index in [1.807, 2.05) is 35.2 Å². The van der Waals surface area contributed by atoms with Crippen molar-refractivity contribution in [3.63, 3.8) is 0 Å². The first-order valence-electron chi connectivity index (χ1n) is 7.25. The van der Waals surface area contributed by atoms with Crippen molar-refractivity contribution in [2.75, 3.05) is 0 Å². The van der Waals surface area contributed by atoms with Gasteiger partial charge in [0.25, 0.3) is 0 Å². The van der Waals surface area contributed by atoms with Crippen molar-refractivity contribution in [2.24, 2.45) is 4.99 Å². The fraction of sp³-hybridized carbons (Fsp3) is 0.529. The molecule has 1 aromatic carbocycles. The van der Waals surface area contributed by atoms with Crippen LogP contribution in [0.5, 0.6) is 0 Å². The summed E-state index contributed by atoms with van der Waals surface area (Å²) in [6.07, 6.45) is 0. The molecule has 1 fully saturated rings. The second kappa shape index (κ2) is 5.58. The molecule has 1 aliphatic rings. The molecular weight excluding hydrogens is 327 g/mol. The molecule has 1 aliphatic heterocycles. The quantitative estimate of drug-likeness (QED) is 0.715. The van der Waals surface area contributed by atoms with E-state index in [0.29, 0.717) is 0 Å². The third-order valence-corrected chi connectivity index (χ3v) is 5.57. The standard InChI is InChI=1S/C17H24N2OSe/c1-16(2,3)18-15-19(17(4,5)6)14(20)13(21-15)12-10-8-7-9-11-12/h7-11,13H,1-6H3. The van der Waals surface area contributed by atoms with Gasteiger partial charge in [0, 0.05) is 0 Å². The van der Waals surface area contributed by atoms with E-state index in [2.05, 4.69) is 41.5 Å². The average molecular weight is 351 g/mol. The molecule has 4 heteroatoms. The van der Waals surface area contributed by atoms with Crippen LogP contribution in [0.4, 0.5) is 0 Å². The van der Waals surface area contributed by atoms with E-state index in [-0.39, 0.29) is 36.8 Å². The zero-order chi connectivity index (χ0) is 15.8. The topological polar surface area (TPSA) is 32.7 Å². The first-order valence-corrected chi connectivity index (χ1v) is 9.10. The fourth-order valence-electron chi connectivity index (χ4n) is 2.24. The van der Waals surface area contributed by atoms with Crippen molar-refractivity contribution >= 4 is 25.6 Å². The Morgan fingerprint density at radius 2 is 1.62 bits per heavy atom. The Hall–Kier alpha value is -1.12. The van der Waals surface area contributed by atoms with Crippen molar-refractivity contribution in [1.82, 2.24) is 4.90 Å². The van der Waals surface area contributed by atoms with Crippen LogP contribution >= 0.6 is 0 Å². The van der Waals surface area contributed by atoms with Crippen molar-refractivity contribution in [3.05, 3.63) is 35.9 Å². The number of carbonyl (C=O) groups excluding carboxylic acids is 1. The first kappa shape index (κ1) is 16.3. The predicted octanol–water partition coefficient (Wildman–Crippen LogP) is 3.23.